The monoisotopic (exact) mass is 376 g/mol. The van der Waals surface area contributed by atoms with E-state index in [2.05, 4.69) is 4.74 Å². The predicted octanol–water partition coefficient (Wildman–Crippen LogP) is 2.29. The van der Waals surface area contributed by atoms with Crippen LogP contribution in [0.15, 0.2) is 60.7 Å². The Balaban J connectivity index is 2.46. The lowest BCUT2D eigenvalue weighted by molar-refractivity contribution is -0.139. The van der Waals surface area contributed by atoms with Gasteiger partial charge in [0.1, 0.15) is 0 Å². The Morgan fingerprint density at radius 2 is 1.38 bits per heavy atom. The Bertz CT molecular complexity index is 921. The number of benzene rings is 2. The highest BCUT2D eigenvalue weighted by Gasteiger charge is 2.57. The van der Waals surface area contributed by atoms with Crippen LogP contribution in [0.2, 0.25) is 0 Å². The smallest absolute Gasteiger partial charge is 0.346 e. The van der Waals surface area contributed by atoms with Gasteiger partial charge in [0.05, 0.1) is 5.56 Å². The van der Waals surface area contributed by atoms with Gasteiger partial charge in [-0.15, -0.1) is 0 Å². The van der Waals surface area contributed by atoms with Gasteiger partial charge in [0, 0.05) is 5.56 Å². The first-order valence-corrected chi connectivity index (χ1v) is 9.06. The number of ketones is 1. The molecule has 0 aliphatic heterocycles. The summed E-state index contributed by atoms with van der Waals surface area (Å²) >= 11 is 0. The zero-order valence-corrected chi connectivity index (χ0v) is 14.6. The Morgan fingerprint density at radius 3 is 1.81 bits per heavy atom. The number of rotatable bonds is 6. The molecule has 0 aliphatic carbocycles. The largest absolute Gasteiger partial charge is 0.388 e. The van der Waals surface area contributed by atoms with Crippen molar-refractivity contribution in [3.05, 3.63) is 71.8 Å². The molecule has 0 saturated heterocycles. The molecule has 0 bridgehead atoms. The third-order valence-corrected chi connectivity index (χ3v) is 5.39. The maximum atomic E-state index is 12.8. The van der Waals surface area contributed by atoms with E-state index in [9.17, 15) is 27.4 Å². The molecule has 2 aromatic carbocycles. The molecule has 0 fully saturated rings. The van der Waals surface area contributed by atoms with Crippen LogP contribution in [0.5, 0.6) is 0 Å². The Morgan fingerprint density at radius 1 is 0.923 bits per heavy atom. The molecule has 0 spiro atoms. The van der Waals surface area contributed by atoms with Crippen molar-refractivity contribution in [3.63, 3.8) is 0 Å². The van der Waals surface area contributed by atoms with Gasteiger partial charge in [-0.2, -0.15) is 8.42 Å². The number of hydrogen-bond acceptors (Lipinski definition) is 6. The summed E-state index contributed by atoms with van der Waals surface area (Å²) in [5.41, 5.74) is -0.121. The minimum atomic E-state index is -5.23. The second-order valence-electron chi connectivity index (χ2n) is 5.39. The van der Waals surface area contributed by atoms with Crippen LogP contribution in [0.3, 0.4) is 0 Å². The fourth-order valence-corrected chi connectivity index (χ4v) is 3.39. The normalized spacial score (nSPS) is 13.5. The summed E-state index contributed by atoms with van der Waals surface area (Å²) in [4.78, 5) is 37.4. The van der Waals surface area contributed by atoms with Crippen molar-refractivity contribution in [1.82, 2.24) is 0 Å². The van der Waals surface area contributed by atoms with E-state index >= 15 is 0 Å². The molecular formula is C18H16O7S. The van der Waals surface area contributed by atoms with Gasteiger partial charge in [-0.3, -0.25) is 9.35 Å². The van der Waals surface area contributed by atoms with E-state index in [-0.39, 0.29) is 11.1 Å². The lowest BCUT2D eigenvalue weighted by Gasteiger charge is -2.25. The van der Waals surface area contributed by atoms with Crippen LogP contribution < -0.4 is 0 Å². The topological polar surface area (TPSA) is 115 Å². The third kappa shape index (κ3) is 3.56. The highest BCUT2D eigenvalue weighted by atomic mass is 32.2. The van der Waals surface area contributed by atoms with E-state index in [0.29, 0.717) is 0 Å². The van der Waals surface area contributed by atoms with Gasteiger partial charge in [-0.05, 0) is 18.6 Å². The van der Waals surface area contributed by atoms with Gasteiger partial charge in [0.2, 0.25) is 0 Å². The third-order valence-electron chi connectivity index (χ3n) is 3.87. The maximum Gasteiger partial charge on any atom is 0.346 e. The SMILES string of the molecule is CCC(C(=O)OC(=O)c1ccccc1)(C(=O)c1ccccc1)S(=O)(=O)O. The van der Waals surface area contributed by atoms with Crippen molar-refractivity contribution >= 4 is 27.8 Å². The first-order valence-electron chi connectivity index (χ1n) is 7.62. The van der Waals surface area contributed by atoms with E-state index in [1.807, 2.05) is 0 Å². The fraction of sp³-hybridized carbons (Fsp3) is 0.167. The van der Waals surface area contributed by atoms with Crippen LogP contribution in [-0.4, -0.2) is 35.4 Å². The zero-order chi connectivity index (χ0) is 19.4. The standard InChI is InChI=1S/C18H16O7S/c1-2-18(26(22,23)24,15(19)13-9-5-3-6-10-13)17(21)25-16(20)14-11-7-4-8-12-14/h3-12H,2H2,1H3,(H,22,23,24). The van der Waals surface area contributed by atoms with E-state index in [0.717, 1.165) is 0 Å². The molecule has 0 aliphatic rings. The number of Topliss-reactive ketones (excluding diaryl/α,β-unsaturated/α-hetero) is 1. The van der Waals surface area contributed by atoms with Crippen LogP contribution in [0.4, 0.5) is 0 Å². The van der Waals surface area contributed by atoms with Gasteiger partial charge >= 0.3 is 11.9 Å². The minimum absolute atomic E-state index is 0.00616. The molecule has 2 rings (SSSR count). The van der Waals surface area contributed by atoms with Crippen molar-refractivity contribution in [2.75, 3.05) is 0 Å². The maximum absolute atomic E-state index is 12.8. The molecule has 1 N–H and O–H groups in total. The van der Waals surface area contributed by atoms with Crippen molar-refractivity contribution in [1.29, 1.82) is 0 Å². The van der Waals surface area contributed by atoms with E-state index < -0.39 is 39.0 Å². The van der Waals surface area contributed by atoms with Crippen molar-refractivity contribution in [2.45, 2.75) is 18.1 Å². The number of carbonyl (C=O) groups excluding carboxylic acids is 3. The van der Waals surface area contributed by atoms with Gasteiger partial charge in [-0.25, -0.2) is 9.59 Å². The van der Waals surface area contributed by atoms with Crippen LogP contribution in [0.1, 0.15) is 34.1 Å². The quantitative estimate of drug-likeness (QED) is 0.356. The highest BCUT2D eigenvalue weighted by Crippen LogP contribution is 2.28. The second-order valence-corrected chi connectivity index (χ2v) is 7.04. The molecule has 0 amide bonds. The van der Waals surface area contributed by atoms with E-state index in [4.69, 9.17) is 0 Å². The van der Waals surface area contributed by atoms with Gasteiger partial charge < -0.3 is 4.74 Å². The lowest BCUT2D eigenvalue weighted by atomic mass is 9.94. The Kier molecular flexibility index (Phi) is 5.69. The molecule has 26 heavy (non-hydrogen) atoms. The molecule has 1 atom stereocenters. The molecule has 1 unspecified atom stereocenters. The number of esters is 2. The first-order chi connectivity index (χ1) is 12.2. The summed E-state index contributed by atoms with van der Waals surface area (Å²) in [5.74, 6) is -3.95. The average Bonchev–Trinajstić information content (AvgIpc) is 2.62. The van der Waals surface area contributed by atoms with Crippen molar-refractivity contribution in [2.24, 2.45) is 0 Å². The van der Waals surface area contributed by atoms with Crippen molar-refractivity contribution < 1.29 is 32.1 Å². The molecule has 7 nitrogen and oxygen atoms in total. The van der Waals surface area contributed by atoms with Gasteiger partial charge in [0.15, 0.2) is 5.78 Å². The molecular weight excluding hydrogens is 360 g/mol. The fourth-order valence-electron chi connectivity index (χ4n) is 2.42. The molecule has 0 saturated carbocycles. The van der Waals surface area contributed by atoms with Crippen molar-refractivity contribution in [3.8, 4) is 0 Å². The molecule has 0 aromatic heterocycles. The Hall–Kier alpha value is -2.84. The minimum Gasteiger partial charge on any atom is -0.388 e. The van der Waals surface area contributed by atoms with Crippen LogP contribution in [0, 0.1) is 0 Å². The van der Waals surface area contributed by atoms with Crippen LogP contribution >= 0.6 is 0 Å². The van der Waals surface area contributed by atoms with E-state index in [1.54, 1.807) is 12.1 Å². The summed E-state index contributed by atoms with van der Waals surface area (Å²) in [6.07, 6.45) is -0.611. The summed E-state index contributed by atoms with van der Waals surface area (Å²) in [6.45, 7) is 1.23. The highest BCUT2D eigenvalue weighted by molar-refractivity contribution is 7.89. The summed E-state index contributed by atoms with van der Waals surface area (Å²) in [5, 5.41) is 0. The molecule has 136 valence electrons. The van der Waals surface area contributed by atoms with Crippen LogP contribution in [0.25, 0.3) is 0 Å². The molecule has 2 aromatic rings. The summed E-state index contributed by atoms with van der Waals surface area (Å²) < 4.78 is 35.3. The molecule has 0 radical (unpaired) electrons. The van der Waals surface area contributed by atoms with Gasteiger partial charge in [0.25, 0.3) is 14.9 Å². The molecule has 8 heteroatoms. The number of hydrogen-bond donors (Lipinski definition) is 1. The van der Waals surface area contributed by atoms with Crippen LogP contribution in [-0.2, 0) is 19.6 Å². The van der Waals surface area contributed by atoms with Gasteiger partial charge in [-0.1, -0.05) is 55.5 Å². The summed E-state index contributed by atoms with van der Waals surface area (Å²) in [6, 6.07) is 14.5. The second kappa shape index (κ2) is 7.59. The first kappa shape index (κ1) is 19.5. The van der Waals surface area contributed by atoms with E-state index in [1.165, 1.54) is 55.5 Å². The average molecular weight is 376 g/mol. The Labute approximate surface area is 150 Å². The number of ether oxygens (including phenoxy) is 1. The lowest BCUT2D eigenvalue weighted by Crippen LogP contribution is -2.54. The predicted molar refractivity (Wildman–Crippen MR) is 92.2 cm³/mol. The zero-order valence-electron chi connectivity index (χ0n) is 13.8. The number of carbonyl (C=O) groups is 3. The molecule has 0 heterocycles. The summed E-state index contributed by atoms with van der Waals surface area (Å²) in [7, 11) is -5.23.